The first-order valence-electron chi connectivity index (χ1n) is 7.33. The second-order valence-electron chi connectivity index (χ2n) is 4.75. The van der Waals surface area contributed by atoms with Crippen molar-refractivity contribution >= 4 is 32.4 Å². The van der Waals surface area contributed by atoms with E-state index >= 15 is 0 Å². The van der Waals surface area contributed by atoms with E-state index in [1.54, 1.807) is 25.4 Å². The Morgan fingerprint density at radius 1 is 1.33 bits per heavy atom. The predicted molar refractivity (Wildman–Crippen MR) is 93.2 cm³/mol. The molecule has 0 fully saturated rings. The Labute approximate surface area is 145 Å². The number of sulfonamides is 1. The molecule has 2 rings (SSSR count). The second kappa shape index (κ2) is 7.73. The molecule has 0 unspecified atom stereocenters. The van der Waals surface area contributed by atoms with Gasteiger partial charge in [0.2, 0.25) is 10.0 Å². The molecule has 0 spiro atoms. The minimum Gasteiger partial charge on any atom is -0.495 e. The number of benzene rings is 1. The molecule has 7 nitrogen and oxygen atoms in total. The van der Waals surface area contributed by atoms with E-state index in [4.69, 9.17) is 4.74 Å². The molecule has 24 heavy (non-hydrogen) atoms. The van der Waals surface area contributed by atoms with Crippen molar-refractivity contribution in [1.29, 1.82) is 0 Å². The minimum atomic E-state index is -3.75. The first kappa shape index (κ1) is 18.4. The average Bonchev–Trinajstić information content (AvgIpc) is 3.08. The lowest BCUT2D eigenvalue weighted by atomic mass is 10.2. The standard InChI is InChI=1S/C15H19N3O4S2/c1-4-18(5-2)24(20,21)13-10-11(6-7-12(13)22-3)14(19)17-15-16-8-9-23-15/h6-10H,4-5H2,1-3H3,(H,16,17,19). The van der Waals surface area contributed by atoms with Crippen LogP contribution < -0.4 is 10.1 Å². The number of rotatable bonds is 7. The number of nitrogens with one attached hydrogen (secondary N) is 1. The maximum Gasteiger partial charge on any atom is 0.257 e. The summed E-state index contributed by atoms with van der Waals surface area (Å²) in [5, 5.41) is 4.81. The number of methoxy groups -OCH3 is 1. The molecule has 0 saturated heterocycles. The van der Waals surface area contributed by atoms with E-state index in [1.165, 1.54) is 41.0 Å². The Bertz CT molecular complexity index is 800. The largest absolute Gasteiger partial charge is 0.495 e. The predicted octanol–water partition coefficient (Wildman–Crippen LogP) is 2.43. The molecule has 1 amide bonds. The molecule has 0 bridgehead atoms. The summed E-state index contributed by atoms with van der Waals surface area (Å²) in [4.78, 5) is 16.3. The molecule has 1 heterocycles. The highest BCUT2D eigenvalue weighted by Gasteiger charge is 2.26. The first-order chi connectivity index (χ1) is 11.4. The van der Waals surface area contributed by atoms with Gasteiger partial charge in [0.15, 0.2) is 5.13 Å². The molecule has 1 N–H and O–H groups in total. The summed E-state index contributed by atoms with van der Waals surface area (Å²) in [5.41, 5.74) is 0.219. The summed E-state index contributed by atoms with van der Waals surface area (Å²) in [6, 6.07) is 4.32. The van der Waals surface area contributed by atoms with Crippen LogP contribution in [0.3, 0.4) is 0 Å². The van der Waals surface area contributed by atoms with Gasteiger partial charge < -0.3 is 4.74 Å². The number of carbonyl (C=O) groups excluding carboxylic acids is 1. The van der Waals surface area contributed by atoms with Crippen LogP contribution >= 0.6 is 11.3 Å². The van der Waals surface area contributed by atoms with Crippen molar-refractivity contribution in [3.05, 3.63) is 35.3 Å². The maximum atomic E-state index is 12.8. The van der Waals surface area contributed by atoms with Gasteiger partial charge in [0.05, 0.1) is 7.11 Å². The van der Waals surface area contributed by atoms with Crippen LogP contribution in [0.25, 0.3) is 0 Å². The van der Waals surface area contributed by atoms with E-state index in [2.05, 4.69) is 10.3 Å². The van der Waals surface area contributed by atoms with Gasteiger partial charge in [0.25, 0.3) is 5.91 Å². The first-order valence-corrected chi connectivity index (χ1v) is 9.65. The lowest BCUT2D eigenvalue weighted by molar-refractivity contribution is 0.102. The molecule has 2 aromatic rings. The third-order valence-electron chi connectivity index (χ3n) is 3.40. The number of thiazole rings is 1. The quantitative estimate of drug-likeness (QED) is 0.810. The normalized spacial score (nSPS) is 11.5. The van der Waals surface area contributed by atoms with Gasteiger partial charge in [-0.1, -0.05) is 13.8 Å². The smallest absolute Gasteiger partial charge is 0.257 e. The van der Waals surface area contributed by atoms with Crippen LogP contribution in [0.15, 0.2) is 34.7 Å². The van der Waals surface area contributed by atoms with Crippen molar-refractivity contribution in [2.24, 2.45) is 0 Å². The fourth-order valence-electron chi connectivity index (χ4n) is 2.18. The SMILES string of the molecule is CCN(CC)S(=O)(=O)c1cc(C(=O)Nc2nccs2)ccc1OC. The summed E-state index contributed by atoms with van der Waals surface area (Å²) in [6.07, 6.45) is 1.57. The van der Waals surface area contributed by atoms with Crippen LogP contribution in [0.4, 0.5) is 5.13 Å². The number of carbonyl (C=O) groups is 1. The fraction of sp³-hybridized carbons (Fsp3) is 0.333. The number of nitrogens with zero attached hydrogens (tertiary/aromatic N) is 2. The van der Waals surface area contributed by atoms with Crippen LogP contribution in [0, 0.1) is 0 Å². The molecule has 0 aliphatic carbocycles. The van der Waals surface area contributed by atoms with Crippen molar-refractivity contribution in [3.63, 3.8) is 0 Å². The van der Waals surface area contributed by atoms with Crippen LogP contribution in [0.5, 0.6) is 5.75 Å². The van der Waals surface area contributed by atoms with Crippen molar-refractivity contribution in [2.75, 3.05) is 25.5 Å². The molecule has 0 atom stereocenters. The molecule has 130 valence electrons. The van der Waals surface area contributed by atoms with E-state index in [1.807, 2.05) is 0 Å². The van der Waals surface area contributed by atoms with Gasteiger partial charge >= 0.3 is 0 Å². The zero-order valence-corrected chi connectivity index (χ0v) is 15.3. The Balaban J connectivity index is 2.42. The van der Waals surface area contributed by atoms with Gasteiger partial charge in [0.1, 0.15) is 10.6 Å². The summed E-state index contributed by atoms with van der Waals surface area (Å²) in [7, 11) is -2.35. The number of anilines is 1. The van der Waals surface area contributed by atoms with E-state index in [-0.39, 0.29) is 16.2 Å². The molecule has 0 aliphatic rings. The summed E-state index contributed by atoms with van der Waals surface area (Å²) >= 11 is 1.28. The fourth-order valence-corrected chi connectivity index (χ4v) is 4.34. The highest BCUT2D eigenvalue weighted by Crippen LogP contribution is 2.28. The molecule has 0 saturated carbocycles. The van der Waals surface area contributed by atoms with E-state index in [0.29, 0.717) is 18.2 Å². The summed E-state index contributed by atoms with van der Waals surface area (Å²) < 4.78 is 32.0. The van der Waals surface area contributed by atoms with Crippen molar-refractivity contribution in [3.8, 4) is 5.75 Å². The number of amides is 1. The Hall–Kier alpha value is -1.97. The molecule has 9 heteroatoms. The average molecular weight is 369 g/mol. The van der Waals surface area contributed by atoms with Gasteiger partial charge in [-0.2, -0.15) is 4.31 Å². The third-order valence-corrected chi connectivity index (χ3v) is 6.16. The monoisotopic (exact) mass is 369 g/mol. The van der Waals surface area contributed by atoms with Gasteiger partial charge in [-0.15, -0.1) is 11.3 Å². The van der Waals surface area contributed by atoms with Crippen molar-refractivity contribution in [1.82, 2.24) is 9.29 Å². The van der Waals surface area contributed by atoms with Gasteiger partial charge in [0, 0.05) is 30.2 Å². The molecule has 1 aromatic carbocycles. The zero-order chi connectivity index (χ0) is 17.7. The van der Waals surface area contributed by atoms with Gasteiger partial charge in [-0.25, -0.2) is 13.4 Å². The van der Waals surface area contributed by atoms with Crippen LogP contribution in [-0.4, -0.2) is 43.8 Å². The molecular formula is C15H19N3O4S2. The second-order valence-corrected chi connectivity index (χ2v) is 7.55. The van der Waals surface area contributed by atoms with Gasteiger partial charge in [-0.3, -0.25) is 10.1 Å². The zero-order valence-electron chi connectivity index (χ0n) is 13.6. The van der Waals surface area contributed by atoms with E-state index < -0.39 is 15.9 Å². The Kier molecular flexibility index (Phi) is 5.92. The van der Waals surface area contributed by atoms with Crippen molar-refractivity contribution in [2.45, 2.75) is 18.7 Å². The van der Waals surface area contributed by atoms with E-state index in [9.17, 15) is 13.2 Å². The topological polar surface area (TPSA) is 88.6 Å². The lowest BCUT2D eigenvalue weighted by Gasteiger charge is -2.20. The van der Waals surface area contributed by atoms with Crippen LogP contribution in [0.1, 0.15) is 24.2 Å². The summed E-state index contributed by atoms with van der Waals surface area (Å²) in [5.74, 6) is -0.226. The Morgan fingerprint density at radius 3 is 2.58 bits per heavy atom. The van der Waals surface area contributed by atoms with E-state index in [0.717, 1.165) is 0 Å². The number of hydrogen-bond donors (Lipinski definition) is 1. The van der Waals surface area contributed by atoms with Gasteiger partial charge in [-0.05, 0) is 18.2 Å². The molecule has 0 aliphatic heterocycles. The highest BCUT2D eigenvalue weighted by molar-refractivity contribution is 7.89. The molecular weight excluding hydrogens is 350 g/mol. The molecule has 1 aromatic heterocycles. The Morgan fingerprint density at radius 2 is 2.04 bits per heavy atom. The lowest BCUT2D eigenvalue weighted by Crippen LogP contribution is -2.31. The minimum absolute atomic E-state index is 0.0273. The number of hydrogen-bond acceptors (Lipinski definition) is 6. The third kappa shape index (κ3) is 3.74. The summed E-state index contributed by atoms with van der Waals surface area (Å²) in [6.45, 7) is 4.17. The molecule has 0 radical (unpaired) electrons. The highest BCUT2D eigenvalue weighted by atomic mass is 32.2. The number of ether oxygens (including phenoxy) is 1. The van der Waals surface area contributed by atoms with Crippen LogP contribution in [0.2, 0.25) is 0 Å². The van der Waals surface area contributed by atoms with Crippen LogP contribution in [-0.2, 0) is 10.0 Å². The maximum absolute atomic E-state index is 12.8. The number of aromatic nitrogens is 1. The van der Waals surface area contributed by atoms with Crippen molar-refractivity contribution < 1.29 is 17.9 Å².